The number of anilines is 1. The maximum absolute atomic E-state index is 5.98. The Morgan fingerprint density at radius 3 is 2.44 bits per heavy atom. The van der Waals surface area contributed by atoms with Crippen LogP contribution in [0.2, 0.25) is 0 Å². The Labute approximate surface area is 226 Å². The minimum absolute atomic E-state index is 0.325. The molecule has 0 amide bonds. The Balaban J connectivity index is 1.01. The van der Waals surface area contributed by atoms with Gasteiger partial charge in [-0.3, -0.25) is 4.98 Å². The molecule has 39 heavy (non-hydrogen) atoms. The SMILES string of the molecule is NCCOCCOCCOCCOc1ccc(COc2ccc3oc(N4CCn5ccnc5C4)nc3c2)nc1. The summed E-state index contributed by atoms with van der Waals surface area (Å²) < 4.78 is 35.9. The van der Waals surface area contributed by atoms with E-state index in [1.807, 2.05) is 42.7 Å². The molecule has 0 radical (unpaired) electrons. The van der Waals surface area contributed by atoms with E-state index >= 15 is 0 Å². The van der Waals surface area contributed by atoms with Crippen molar-refractivity contribution in [1.29, 1.82) is 0 Å². The maximum atomic E-state index is 5.98. The van der Waals surface area contributed by atoms with Crippen LogP contribution in [0, 0.1) is 0 Å². The summed E-state index contributed by atoms with van der Waals surface area (Å²) in [6, 6.07) is 9.97. The molecule has 12 heteroatoms. The van der Waals surface area contributed by atoms with E-state index in [1.54, 1.807) is 6.20 Å². The van der Waals surface area contributed by atoms with Crippen LogP contribution < -0.4 is 20.1 Å². The van der Waals surface area contributed by atoms with E-state index in [0.717, 1.165) is 35.7 Å². The van der Waals surface area contributed by atoms with E-state index in [0.29, 0.717) is 83.5 Å². The first-order valence-electron chi connectivity index (χ1n) is 13.1. The van der Waals surface area contributed by atoms with E-state index in [4.69, 9.17) is 33.8 Å². The van der Waals surface area contributed by atoms with Crippen molar-refractivity contribution in [1.82, 2.24) is 19.5 Å². The Kier molecular flexibility index (Phi) is 9.58. The van der Waals surface area contributed by atoms with Crippen LogP contribution in [0.4, 0.5) is 6.01 Å². The number of ether oxygens (including phenoxy) is 5. The van der Waals surface area contributed by atoms with Crippen LogP contribution in [-0.4, -0.2) is 78.9 Å². The van der Waals surface area contributed by atoms with Gasteiger partial charge in [-0.1, -0.05) is 0 Å². The molecular formula is C27H34N6O6. The van der Waals surface area contributed by atoms with Crippen molar-refractivity contribution < 1.29 is 28.1 Å². The van der Waals surface area contributed by atoms with Crippen molar-refractivity contribution >= 4 is 17.1 Å². The molecule has 0 aliphatic carbocycles. The zero-order valence-electron chi connectivity index (χ0n) is 21.9. The minimum Gasteiger partial charge on any atom is -0.490 e. The second-order valence-corrected chi connectivity index (χ2v) is 8.83. The molecular weight excluding hydrogens is 504 g/mol. The Bertz CT molecular complexity index is 1290. The number of aromatic nitrogens is 4. The van der Waals surface area contributed by atoms with Crippen molar-refractivity contribution in [2.45, 2.75) is 19.7 Å². The third-order valence-corrected chi connectivity index (χ3v) is 6.05. The quantitative estimate of drug-likeness (QED) is 0.211. The van der Waals surface area contributed by atoms with Crippen LogP contribution in [0.5, 0.6) is 11.5 Å². The van der Waals surface area contributed by atoms with Crippen LogP contribution in [0.1, 0.15) is 11.5 Å². The van der Waals surface area contributed by atoms with E-state index < -0.39 is 0 Å². The van der Waals surface area contributed by atoms with Gasteiger partial charge < -0.3 is 43.3 Å². The molecule has 1 aromatic carbocycles. The molecule has 0 unspecified atom stereocenters. The summed E-state index contributed by atoms with van der Waals surface area (Å²) in [5.74, 6) is 2.38. The van der Waals surface area contributed by atoms with Crippen LogP contribution in [0.3, 0.4) is 0 Å². The molecule has 1 aliphatic heterocycles. The van der Waals surface area contributed by atoms with Gasteiger partial charge in [-0.15, -0.1) is 0 Å². The summed E-state index contributed by atoms with van der Waals surface area (Å²) >= 11 is 0. The topological polar surface area (TPSA) is 132 Å². The second kappa shape index (κ2) is 13.9. The van der Waals surface area contributed by atoms with Crippen molar-refractivity contribution in [3.63, 3.8) is 0 Å². The number of fused-ring (bicyclic) bond motifs is 2. The van der Waals surface area contributed by atoms with Gasteiger partial charge in [0.2, 0.25) is 0 Å². The number of hydrogen-bond donors (Lipinski definition) is 1. The van der Waals surface area contributed by atoms with Gasteiger partial charge in [0.15, 0.2) is 5.58 Å². The third kappa shape index (κ3) is 7.67. The predicted molar refractivity (Wildman–Crippen MR) is 143 cm³/mol. The number of benzene rings is 1. The molecule has 4 aromatic rings. The lowest BCUT2D eigenvalue weighted by atomic mass is 10.3. The predicted octanol–water partition coefficient (Wildman–Crippen LogP) is 2.41. The molecule has 4 heterocycles. The number of hydrogen-bond acceptors (Lipinski definition) is 11. The molecule has 1 aliphatic rings. The molecule has 2 N–H and O–H groups in total. The second-order valence-electron chi connectivity index (χ2n) is 8.83. The fourth-order valence-corrected chi connectivity index (χ4v) is 4.04. The highest BCUT2D eigenvalue weighted by molar-refractivity contribution is 5.76. The lowest BCUT2D eigenvalue weighted by Crippen LogP contribution is -2.33. The molecule has 0 fully saturated rings. The van der Waals surface area contributed by atoms with Gasteiger partial charge in [0.05, 0.1) is 58.1 Å². The van der Waals surface area contributed by atoms with E-state index in [9.17, 15) is 0 Å². The molecule has 0 saturated carbocycles. The first kappa shape index (κ1) is 26.9. The normalized spacial score (nSPS) is 13.1. The summed E-state index contributed by atoms with van der Waals surface area (Å²) in [5.41, 5.74) is 7.60. The molecule has 208 valence electrons. The number of pyridine rings is 1. The van der Waals surface area contributed by atoms with E-state index in [1.165, 1.54) is 0 Å². The number of imidazole rings is 1. The van der Waals surface area contributed by atoms with E-state index in [2.05, 4.69) is 24.4 Å². The Morgan fingerprint density at radius 2 is 1.64 bits per heavy atom. The molecule has 0 bridgehead atoms. The van der Waals surface area contributed by atoms with Crippen molar-refractivity contribution in [3.8, 4) is 11.5 Å². The first-order valence-corrected chi connectivity index (χ1v) is 13.1. The van der Waals surface area contributed by atoms with Crippen LogP contribution in [-0.2, 0) is 33.9 Å². The fraction of sp³-hybridized carbons (Fsp3) is 0.444. The average Bonchev–Trinajstić information content (AvgIpc) is 3.62. The molecule has 0 atom stereocenters. The van der Waals surface area contributed by atoms with E-state index in [-0.39, 0.29) is 0 Å². The number of nitrogens with two attached hydrogens (primary N) is 1. The van der Waals surface area contributed by atoms with Crippen molar-refractivity contribution in [2.75, 3.05) is 64.2 Å². The van der Waals surface area contributed by atoms with Gasteiger partial charge in [-0.2, -0.15) is 4.98 Å². The van der Waals surface area contributed by atoms with Gasteiger partial charge in [0.1, 0.15) is 36.1 Å². The molecule has 0 spiro atoms. The maximum Gasteiger partial charge on any atom is 0.298 e. The fourth-order valence-electron chi connectivity index (χ4n) is 4.04. The highest BCUT2D eigenvalue weighted by Gasteiger charge is 2.21. The summed E-state index contributed by atoms with van der Waals surface area (Å²) in [6.45, 7) is 6.72. The molecule has 12 nitrogen and oxygen atoms in total. The van der Waals surface area contributed by atoms with Gasteiger partial charge in [-0.05, 0) is 24.3 Å². The van der Waals surface area contributed by atoms with Crippen LogP contribution in [0.25, 0.3) is 11.1 Å². The van der Waals surface area contributed by atoms with Gasteiger partial charge in [-0.25, -0.2) is 4.98 Å². The number of rotatable bonds is 16. The minimum atomic E-state index is 0.325. The largest absolute Gasteiger partial charge is 0.490 e. The summed E-state index contributed by atoms with van der Waals surface area (Å²) in [7, 11) is 0. The molecule has 3 aromatic heterocycles. The van der Waals surface area contributed by atoms with Gasteiger partial charge in [0.25, 0.3) is 6.01 Å². The standard InChI is InChI=1S/C27H34N6O6/c28-5-10-34-11-12-35-13-14-36-15-16-37-23-2-1-21(30-18-23)20-38-22-3-4-25-24(17-22)31-27(39-25)33-9-8-32-7-6-29-26(32)19-33/h1-4,6-7,17-18H,5,8-16,19-20,28H2. The molecule has 0 saturated heterocycles. The van der Waals surface area contributed by atoms with Gasteiger partial charge in [0, 0.05) is 38.1 Å². The monoisotopic (exact) mass is 538 g/mol. The highest BCUT2D eigenvalue weighted by atomic mass is 16.6. The smallest absolute Gasteiger partial charge is 0.298 e. The Hall–Kier alpha value is -3.71. The van der Waals surface area contributed by atoms with Crippen LogP contribution >= 0.6 is 0 Å². The number of nitrogens with zero attached hydrogens (tertiary/aromatic N) is 5. The number of oxazole rings is 1. The Morgan fingerprint density at radius 1 is 0.846 bits per heavy atom. The van der Waals surface area contributed by atoms with Crippen LogP contribution in [0.15, 0.2) is 53.3 Å². The lowest BCUT2D eigenvalue weighted by Gasteiger charge is -2.25. The molecule has 5 rings (SSSR count). The lowest BCUT2D eigenvalue weighted by molar-refractivity contribution is 0.0105. The summed E-state index contributed by atoms with van der Waals surface area (Å²) in [5, 5.41) is 0. The van der Waals surface area contributed by atoms with Gasteiger partial charge >= 0.3 is 0 Å². The summed E-state index contributed by atoms with van der Waals surface area (Å²) in [4.78, 5) is 15.6. The zero-order valence-corrected chi connectivity index (χ0v) is 21.9. The third-order valence-electron chi connectivity index (χ3n) is 6.05. The highest BCUT2D eigenvalue weighted by Crippen LogP contribution is 2.28. The first-order chi connectivity index (χ1) is 19.3. The van der Waals surface area contributed by atoms with Crippen molar-refractivity contribution in [2.24, 2.45) is 5.73 Å². The zero-order chi connectivity index (χ0) is 26.7. The summed E-state index contributed by atoms with van der Waals surface area (Å²) in [6.07, 6.45) is 5.50. The average molecular weight is 539 g/mol. The van der Waals surface area contributed by atoms with Crippen molar-refractivity contribution in [3.05, 3.63) is 60.4 Å².